The number of phenols is 1. The van der Waals surface area contributed by atoms with E-state index in [1.807, 2.05) is 60.7 Å². The highest BCUT2D eigenvalue weighted by atomic mass is 16.3. The predicted octanol–water partition coefficient (Wildman–Crippen LogP) is 4.57. The molecule has 3 aromatic carbocycles. The van der Waals surface area contributed by atoms with Gasteiger partial charge in [-0.05, 0) is 34.9 Å². The van der Waals surface area contributed by atoms with Crippen molar-refractivity contribution in [2.75, 3.05) is 0 Å². The number of aliphatic hydroxyl groups excluding tert-OH is 1. The fourth-order valence-electron chi connectivity index (χ4n) is 3.68. The predicted molar refractivity (Wildman–Crippen MR) is 118 cm³/mol. The van der Waals surface area contributed by atoms with Gasteiger partial charge in [-0.3, -0.25) is 9.59 Å². The smallest absolute Gasteiger partial charge is 0.290 e. The molecule has 1 aliphatic rings. The van der Waals surface area contributed by atoms with Gasteiger partial charge in [0.1, 0.15) is 5.75 Å². The van der Waals surface area contributed by atoms with E-state index in [-0.39, 0.29) is 17.9 Å². The molecule has 1 aliphatic heterocycles. The minimum Gasteiger partial charge on any atom is -0.508 e. The number of allylic oxidation sites excluding steroid dienone is 1. The van der Waals surface area contributed by atoms with Crippen molar-refractivity contribution in [3.05, 3.63) is 119 Å². The number of ketones is 1. The van der Waals surface area contributed by atoms with Crippen LogP contribution in [0.2, 0.25) is 0 Å². The van der Waals surface area contributed by atoms with Gasteiger partial charge in [0.15, 0.2) is 11.5 Å². The molecule has 0 radical (unpaired) electrons. The first-order valence-corrected chi connectivity index (χ1v) is 9.89. The van der Waals surface area contributed by atoms with Gasteiger partial charge in [0, 0.05) is 6.54 Å². The molecule has 3 aromatic rings. The maximum Gasteiger partial charge on any atom is 0.290 e. The molecule has 4 rings (SSSR count). The Balaban J connectivity index is 1.72. The average molecular weight is 411 g/mol. The molecule has 5 nitrogen and oxygen atoms in total. The van der Waals surface area contributed by atoms with Crippen LogP contribution < -0.4 is 0 Å². The molecule has 0 saturated heterocycles. The van der Waals surface area contributed by atoms with Gasteiger partial charge in [-0.1, -0.05) is 78.9 Å². The number of hydrogen-bond donors (Lipinski definition) is 2. The lowest BCUT2D eigenvalue weighted by Crippen LogP contribution is -2.30. The number of rotatable bonds is 6. The van der Waals surface area contributed by atoms with Crippen LogP contribution in [0.4, 0.5) is 0 Å². The van der Waals surface area contributed by atoms with Crippen molar-refractivity contribution < 1.29 is 19.8 Å². The summed E-state index contributed by atoms with van der Waals surface area (Å²) in [6.07, 6.45) is 3.02. The molecule has 1 atom stereocenters. The average Bonchev–Trinajstić information content (AvgIpc) is 3.04. The fourth-order valence-corrected chi connectivity index (χ4v) is 3.68. The van der Waals surface area contributed by atoms with Crippen molar-refractivity contribution in [3.8, 4) is 5.75 Å². The molecule has 2 N–H and O–H groups in total. The third kappa shape index (κ3) is 4.26. The van der Waals surface area contributed by atoms with Crippen molar-refractivity contribution in [1.29, 1.82) is 0 Å². The van der Waals surface area contributed by atoms with E-state index in [1.54, 1.807) is 18.2 Å². The highest BCUT2D eigenvalue weighted by Gasteiger charge is 2.42. The molecule has 5 heteroatoms. The van der Waals surface area contributed by atoms with Crippen LogP contribution in [0.3, 0.4) is 0 Å². The lowest BCUT2D eigenvalue weighted by atomic mass is 9.95. The molecule has 1 heterocycles. The number of benzene rings is 3. The Morgan fingerprint density at radius 1 is 0.871 bits per heavy atom. The molecule has 0 bridgehead atoms. The van der Waals surface area contributed by atoms with Gasteiger partial charge >= 0.3 is 0 Å². The summed E-state index contributed by atoms with van der Waals surface area (Å²) in [5, 5.41) is 20.3. The molecule has 1 amide bonds. The Hall–Kier alpha value is -4.12. The van der Waals surface area contributed by atoms with E-state index in [4.69, 9.17) is 0 Å². The highest BCUT2D eigenvalue weighted by molar-refractivity contribution is 6.14. The number of amides is 1. The van der Waals surface area contributed by atoms with Crippen LogP contribution in [0.5, 0.6) is 5.75 Å². The standard InChI is InChI=1S/C26H21NO4/c28-21-14-12-20(13-15-21)24-23(22(29)16-11-18-7-3-1-4-8-18)25(30)26(31)27(24)17-19-9-5-2-6-10-19/h1-16,24,28,30H,17H2. The molecule has 0 fully saturated rings. The number of carbonyl (C=O) groups excluding carboxylic acids is 2. The molecule has 0 aliphatic carbocycles. The van der Waals surface area contributed by atoms with E-state index in [2.05, 4.69) is 0 Å². The summed E-state index contributed by atoms with van der Waals surface area (Å²) in [5.41, 5.74) is 2.37. The molecule has 1 unspecified atom stereocenters. The zero-order valence-electron chi connectivity index (χ0n) is 16.7. The Kier molecular flexibility index (Phi) is 5.67. The summed E-state index contributed by atoms with van der Waals surface area (Å²) >= 11 is 0. The van der Waals surface area contributed by atoms with Crippen LogP contribution in [0.15, 0.2) is 102 Å². The Bertz CT molecular complexity index is 1150. The lowest BCUT2D eigenvalue weighted by molar-refractivity contribution is -0.130. The first-order valence-electron chi connectivity index (χ1n) is 9.89. The summed E-state index contributed by atoms with van der Waals surface area (Å²) in [6.45, 7) is 0.231. The second-order valence-corrected chi connectivity index (χ2v) is 7.28. The van der Waals surface area contributed by atoms with Crippen molar-refractivity contribution in [1.82, 2.24) is 4.90 Å². The summed E-state index contributed by atoms with van der Waals surface area (Å²) in [4.78, 5) is 27.5. The normalized spacial score (nSPS) is 16.3. The van der Waals surface area contributed by atoms with E-state index < -0.39 is 23.5 Å². The summed E-state index contributed by atoms with van der Waals surface area (Å²) in [5.74, 6) is -1.51. The van der Waals surface area contributed by atoms with Gasteiger partial charge in [-0.25, -0.2) is 0 Å². The zero-order valence-corrected chi connectivity index (χ0v) is 16.7. The monoisotopic (exact) mass is 411 g/mol. The second-order valence-electron chi connectivity index (χ2n) is 7.28. The maximum atomic E-state index is 13.1. The van der Waals surface area contributed by atoms with Crippen LogP contribution in [0.25, 0.3) is 6.08 Å². The molecule has 0 saturated carbocycles. The van der Waals surface area contributed by atoms with Gasteiger partial charge in [0.25, 0.3) is 5.91 Å². The third-order valence-corrected chi connectivity index (χ3v) is 5.20. The maximum absolute atomic E-state index is 13.1. The second kappa shape index (κ2) is 8.71. The van der Waals surface area contributed by atoms with Crippen molar-refractivity contribution in [3.63, 3.8) is 0 Å². The van der Waals surface area contributed by atoms with E-state index in [9.17, 15) is 19.8 Å². The largest absolute Gasteiger partial charge is 0.508 e. The quantitative estimate of drug-likeness (QED) is 0.583. The molecule has 31 heavy (non-hydrogen) atoms. The lowest BCUT2D eigenvalue weighted by Gasteiger charge is -2.26. The molecule has 0 spiro atoms. The van der Waals surface area contributed by atoms with E-state index in [0.29, 0.717) is 5.56 Å². The fraction of sp³-hybridized carbons (Fsp3) is 0.0769. The van der Waals surface area contributed by atoms with Crippen LogP contribution >= 0.6 is 0 Å². The summed E-state index contributed by atoms with van der Waals surface area (Å²) in [7, 11) is 0. The Morgan fingerprint density at radius 3 is 2.13 bits per heavy atom. The molecule has 154 valence electrons. The number of carbonyl (C=O) groups is 2. The number of hydrogen-bond acceptors (Lipinski definition) is 4. The molecule has 0 aromatic heterocycles. The van der Waals surface area contributed by atoms with E-state index in [1.165, 1.54) is 23.1 Å². The summed E-state index contributed by atoms with van der Waals surface area (Å²) < 4.78 is 0. The van der Waals surface area contributed by atoms with Crippen molar-refractivity contribution in [2.45, 2.75) is 12.6 Å². The topological polar surface area (TPSA) is 77.8 Å². The zero-order chi connectivity index (χ0) is 21.8. The minimum absolute atomic E-state index is 0.0267. The number of nitrogens with zero attached hydrogens (tertiary/aromatic N) is 1. The van der Waals surface area contributed by atoms with Crippen LogP contribution in [-0.2, 0) is 16.1 Å². The third-order valence-electron chi connectivity index (χ3n) is 5.20. The van der Waals surface area contributed by atoms with Crippen LogP contribution in [0.1, 0.15) is 22.7 Å². The number of aliphatic hydroxyl groups is 1. The minimum atomic E-state index is -0.763. The van der Waals surface area contributed by atoms with Gasteiger partial charge in [0.2, 0.25) is 0 Å². The summed E-state index contributed by atoms with van der Waals surface area (Å²) in [6, 6.07) is 24.2. The SMILES string of the molecule is O=C(C=Cc1ccccc1)C1=C(O)C(=O)N(Cc2ccccc2)C1c1ccc(O)cc1. The van der Waals surface area contributed by atoms with Crippen molar-refractivity contribution >= 4 is 17.8 Å². The van der Waals surface area contributed by atoms with Crippen molar-refractivity contribution in [2.24, 2.45) is 0 Å². The first kappa shape index (κ1) is 20.2. The number of phenolic OH excluding ortho intramolecular Hbond substituents is 1. The van der Waals surface area contributed by atoms with Gasteiger partial charge in [0.05, 0.1) is 11.6 Å². The van der Waals surface area contributed by atoms with Gasteiger partial charge < -0.3 is 15.1 Å². The van der Waals surface area contributed by atoms with Gasteiger partial charge in [-0.15, -0.1) is 0 Å². The molecular weight excluding hydrogens is 390 g/mol. The number of aromatic hydroxyl groups is 1. The van der Waals surface area contributed by atoms with E-state index in [0.717, 1.165) is 11.1 Å². The highest BCUT2D eigenvalue weighted by Crippen LogP contribution is 2.39. The van der Waals surface area contributed by atoms with Crippen LogP contribution in [-0.4, -0.2) is 26.8 Å². The Morgan fingerprint density at radius 2 is 1.48 bits per heavy atom. The van der Waals surface area contributed by atoms with Gasteiger partial charge in [-0.2, -0.15) is 0 Å². The van der Waals surface area contributed by atoms with Crippen LogP contribution in [0, 0.1) is 0 Å². The first-order chi connectivity index (χ1) is 15.0. The molecular formula is C26H21NO4. The van der Waals surface area contributed by atoms with E-state index >= 15 is 0 Å². The Labute approximate surface area is 180 Å².